The van der Waals surface area contributed by atoms with E-state index in [9.17, 15) is 9.90 Å². The summed E-state index contributed by atoms with van der Waals surface area (Å²) in [5.41, 5.74) is 1.24. The lowest BCUT2D eigenvalue weighted by Crippen LogP contribution is -2.55. The molecule has 0 aromatic heterocycles. The topological polar surface area (TPSA) is 61.8 Å². The summed E-state index contributed by atoms with van der Waals surface area (Å²) < 4.78 is 4.60. The van der Waals surface area contributed by atoms with Crippen molar-refractivity contribution in [3.63, 3.8) is 0 Å². The number of benzene rings is 1. The Labute approximate surface area is 119 Å². The number of hydrogen-bond acceptors (Lipinski definition) is 4. The minimum Gasteiger partial charge on any atom is -0.453 e. The quantitative estimate of drug-likeness (QED) is 0.880. The van der Waals surface area contributed by atoms with Crippen LogP contribution in [0.1, 0.15) is 24.9 Å². The summed E-state index contributed by atoms with van der Waals surface area (Å²) >= 11 is 0. The van der Waals surface area contributed by atoms with Gasteiger partial charge in [-0.1, -0.05) is 30.3 Å². The van der Waals surface area contributed by atoms with Crippen molar-refractivity contribution < 1.29 is 14.6 Å². The number of aliphatic hydroxyl groups is 1. The van der Waals surface area contributed by atoms with Crippen molar-refractivity contribution in [1.82, 2.24) is 10.2 Å². The van der Waals surface area contributed by atoms with E-state index < -0.39 is 12.2 Å². The molecule has 0 bridgehead atoms. The van der Waals surface area contributed by atoms with Gasteiger partial charge in [-0.05, 0) is 18.9 Å². The lowest BCUT2D eigenvalue weighted by molar-refractivity contribution is 0.0313. The molecule has 1 fully saturated rings. The first-order valence-electron chi connectivity index (χ1n) is 6.93. The Bertz CT molecular complexity index is 438. The Hall–Kier alpha value is -1.59. The monoisotopic (exact) mass is 278 g/mol. The van der Waals surface area contributed by atoms with Crippen LogP contribution < -0.4 is 5.32 Å². The summed E-state index contributed by atoms with van der Waals surface area (Å²) in [5.74, 6) is 0. The van der Waals surface area contributed by atoms with Crippen molar-refractivity contribution in [1.29, 1.82) is 0 Å². The van der Waals surface area contributed by atoms with Gasteiger partial charge in [0.1, 0.15) is 0 Å². The van der Waals surface area contributed by atoms with Crippen LogP contribution in [-0.4, -0.2) is 48.4 Å². The summed E-state index contributed by atoms with van der Waals surface area (Å²) in [6.07, 6.45) is -0.372. The first kappa shape index (κ1) is 14.8. The van der Waals surface area contributed by atoms with Gasteiger partial charge in [0.2, 0.25) is 0 Å². The van der Waals surface area contributed by atoms with E-state index >= 15 is 0 Å². The molecule has 5 nitrogen and oxygen atoms in total. The normalized spacial score (nSPS) is 24.9. The Morgan fingerprint density at radius 3 is 2.80 bits per heavy atom. The van der Waals surface area contributed by atoms with Crippen LogP contribution in [-0.2, 0) is 4.74 Å². The van der Waals surface area contributed by atoms with Crippen LogP contribution in [0.15, 0.2) is 30.3 Å². The lowest BCUT2D eigenvalue weighted by Gasteiger charge is -2.39. The van der Waals surface area contributed by atoms with Gasteiger partial charge in [0.15, 0.2) is 0 Å². The van der Waals surface area contributed by atoms with E-state index in [1.807, 2.05) is 18.2 Å². The van der Waals surface area contributed by atoms with Gasteiger partial charge in [-0.2, -0.15) is 0 Å². The number of carbonyl (C=O) groups is 1. The largest absolute Gasteiger partial charge is 0.453 e. The van der Waals surface area contributed by atoms with Crippen molar-refractivity contribution in [3.05, 3.63) is 35.9 Å². The third-order valence-electron chi connectivity index (χ3n) is 3.93. The minimum atomic E-state index is -0.520. The van der Waals surface area contributed by atoms with Crippen molar-refractivity contribution in [2.24, 2.45) is 0 Å². The van der Waals surface area contributed by atoms with E-state index in [0.717, 1.165) is 6.54 Å². The van der Waals surface area contributed by atoms with Crippen LogP contribution in [0.5, 0.6) is 0 Å². The van der Waals surface area contributed by atoms with Crippen LogP contribution in [0.3, 0.4) is 0 Å². The zero-order valence-corrected chi connectivity index (χ0v) is 12.0. The number of aliphatic hydroxyl groups excluding tert-OH is 1. The average molecular weight is 278 g/mol. The fourth-order valence-electron chi connectivity index (χ4n) is 2.61. The highest BCUT2D eigenvalue weighted by Crippen LogP contribution is 2.24. The molecule has 3 atom stereocenters. The zero-order chi connectivity index (χ0) is 14.5. The summed E-state index contributed by atoms with van der Waals surface area (Å²) in [7, 11) is 1.33. The summed E-state index contributed by atoms with van der Waals surface area (Å²) in [6, 6.07) is 10.2. The highest BCUT2D eigenvalue weighted by Gasteiger charge is 2.31. The SMILES string of the molecule is COC(=O)N[C@@H]1CN(C(C)c2ccccc2)CC[C@H]1O. The number of likely N-dealkylation sites (tertiary alicyclic amines) is 1. The number of nitrogens with one attached hydrogen (secondary N) is 1. The molecule has 0 radical (unpaired) electrons. The van der Waals surface area contributed by atoms with Crippen LogP contribution in [0.4, 0.5) is 4.79 Å². The highest BCUT2D eigenvalue weighted by molar-refractivity contribution is 5.67. The maximum absolute atomic E-state index is 11.3. The highest BCUT2D eigenvalue weighted by atomic mass is 16.5. The standard InChI is InChI=1S/C15H22N2O3/c1-11(12-6-4-3-5-7-12)17-9-8-14(18)13(10-17)16-15(19)20-2/h3-7,11,13-14,18H,8-10H2,1-2H3,(H,16,19)/t11?,13-,14-/m1/s1. The maximum Gasteiger partial charge on any atom is 0.407 e. The van der Waals surface area contributed by atoms with Gasteiger partial charge >= 0.3 is 6.09 Å². The molecule has 0 spiro atoms. The van der Waals surface area contributed by atoms with Gasteiger partial charge in [-0.3, -0.25) is 4.90 Å². The predicted octanol–water partition coefficient (Wildman–Crippen LogP) is 1.54. The predicted molar refractivity (Wildman–Crippen MR) is 76.4 cm³/mol. The van der Waals surface area contributed by atoms with E-state index in [-0.39, 0.29) is 12.1 Å². The summed E-state index contributed by atoms with van der Waals surface area (Å²) in [6.45, 7) is 3.57. The third kappa shape index (κ3) is 3.49. The molecule has 1 aliphatic rings. The fraction of sp³-hybridized carbons (Fsp3) is 0.533. The number of rotatable bonds is 3. The number of amides is 1. The number of hydrogen-bond donors (Lipinski definition) is 2. The second-order valence-corrected chi connectivity index (χ2v) is 5.18. The summed E-state index contributed by atoms with van der Waals surface area (Å²) in [4.78, 5) is 13.6. The molecule has 1 unspecified atom stereocenters. The number of ether oxygens (including phenoxy) is 1. The molecule has 1 aromatic carbocycles. The van der Waals surface area contributed by atoms with E-state index in [1.54, 1.807) is 0 Å². The molecule has 2 rings (SSSR count). The smallest absolute Gasteiger partial charge is 0.407 e. The molecule has 110 valence electrons. The van der Waals surface area contributed by atoms with E-state index in [4.69, 9.17) is 0 Å². The Morgan fingerprint density at radius 2 is 2.15 bits per heavy atom. The van der Waals surface area contributed by atoms with Crippen LogP contribution >= 0.6 is 0 Å². The van der Waals surface area contributed by atoms with Gasteiger partial charge in [0.05, 0.1) is 19.3 Å². The third-order valence-corrected chi connectivity index (χ3v) is 3.93. The van der Waals surface area contributed by atoms with E-state index in [2.05, 4.69) is 34.0 Å². The van der Waals surface area contributed by atoms with Gasteiger partial charge in [0, 0.05) is 19.1 Å². The maximum atomic E-state index is 11.3. The molecule has 1 heterocycles. The Kier molecular flexibility index (Phi) is 4.98. The number of methoxy groups -OCH3 is 1. The van der Waals surface area contributed by atoms with Crippen molar-refractivity contribution in [3.8, 4) is 0 Å². The average Bonchev–Trinajstić information content (AvgIpc) is 2.49. The molecule has 1 saturated heterocycles. The van der Waals surface area contributed by atoms with Crippen molar-refractivity contribution in [2.45, 2.75) is 31.5 Å². The Balaban J connectivity index is 2.01. The number of alkyl carbamates (subject to hydrolysis) is 1. The molecule has 20 heavy (non-hydrogen) atoms. The fourth-order valence-corrected chi connectivity index (χ4v) is 2.61. The van der Waals surface area contributed by atoms with E-state index in [0.29, 0.717) is 13.0 Å². The first-order chi connectivity index (χ1) is 9.61. The number of nitrogens with zero attached hydrogens (tertiary/aromatic N) is 1. The zero-order valence-electron chi connectivity index (χ0n) is 12.0. The van der Waals surface area contributed by atoms with Gasteiger partial charge in [-0.15, -0.1) is 0 Å². The van der Waals surface area contributed by atoms with Gasteiger partial charge in [-0.25, -0.2) is 4.79 Å². The van der Waals surface area contributed by atoms with E-state index in [1.165, 1.54) is 12.7 Å². The molecular weight excluding hydrogens is 256 g/mol. The number of piperidine rings is 1. The number of carbonyl (C=O) groups excluding carboxylic acids is 1. The second-order valence-electron chi connectivity index (χ2n) is 5.18. The van der Waals surface area contributed by atoms with Gasteiger partial charge < -0.3 is 15.2 Å². The van der Waals surface area contributed by atoms with Crippen molar-refractivity contribution >= 4 is 6.09 Å². The first-order valence-corrected chi connectivity index (χ1v) is 6.93. The molecule has 0 aliphatic carbocycles. The summed E-state index contributed by atoms with van der Waals surface area (Å²) in [5, 5.41) is 12.7. The van der Waals surface area contributed by atoms with Gasteiger partial charge in [0.25, 0.3) is 0 Å². The molecular formula is C15H22N2O3. The second kappa shape index (κ2) is 6.72. The molecule has 0 saturated carbocycles. The van der Waals surface area contributed by atoms with Crippen LogP contribution in [0.2, 0.25) is 0 Å². The Morgan fingerprint density at radius 1 is 1.45 bits per heavy atom. The lowest BCUT2D eigenvalue weighted by atomic mass is 9.98. The van der Waals surface area contributed by atoms with Crippen molar-refractivity contribution in [2.75, 3.05) is 20.2 Å². The van der Waals surface area contributed by atoms with Crippen LogP contribution in [0, 0.1) is 0 Å². The molecule has 2 N–H and O–H groups in total. The molecule has 5 heteroatoms. The minimum absolute atomic E-state index is 0.255. The molecule has 1 aliphatic heterocycles. The molecule has 1 aromatic rings. The van der Waals surface area contributed by atoms with Crippen LogP contribution in [0.25, 0.3) is 0 Å². The molecule has 1 amide bonds.